The van der Waals surface area contributed by atoms with E-state index in [0.29, 0.717) is 5.56 Å². The number of rotatable bonds is 3. The highest BCUT2D eigenvalue weighted by molar-refractivity contribution is 7.71. The highest BCUT2D eigenvalue weighted by Crippen LogP contribution is 2.32. The molecule has 4 nitrogen and oxygen atoms in total. The molecule has 3 rings (SSSR count). The van der Waals surface area contributed by atoms with Crippen molar-refractivity contribution in [1.29, 1.82) is 0 Å². The van der Waals surface area contributed by atoms with Crippen molar-refractivity contribution in [2.45, 2.75) is 12.5 Å². The first kappa shape index (κ1) is 19.0. The van der Waals surface area contributed by atoms with Gasteiger partial charge in [0.25, 0.3) is 0 Å². The second-order valence-corrected chi connectivity index (χ2v) is 5.69. The van der Waals surface area contributed by atoms with Crippen molar-refractivity contribution in [3.63, 3.8) is 0 Å². The van der Waals surface area contributed by atoms with Crippen LogP contribution in [0.5, 0.6) is 5.75 Å². The zero-order valence-electron chi connectivity index (χ0n) is 13.1. The fourth-order valence-electron chi connectivity index (χ4n) is 2.36. The number of ether oxygens (including phenoxy) is 1. The second-order valence-electron chi connectivity index (χ2n) is 5.31. The van der Waals surface area contributed by atoms with Gasteiger partial charge in [-0.1, -0.05) is 6.07 Å². The van der Waals surface area contributed by atoms with Crippen molar-refractivity contribution in [3.8, 4) is 22.8 Å². The molecule has 0 saturated carbocycles. The zero-order valence-corrected chi connectivity index (χ0v) is 13.9. The first-order valence-electron chi connectivity index (χ1n) is 7.26. The summed E-state index contributed by atoms with van der Waals surface area (Å²) >= 11 is 5.08. The summed E-state index contributed by atoms with van der Waals surface area (Å²) in [5.41, 5.74) is -0.438. The van der Waals surface area contributed by atoms with Crippen molar-refractivity contribution in [3.05, 3.63) is 58.9 Å². The molecule has 0 aliphatic carbocycles. The lowest BCUT2D eigenvalue weighted by atomic mass is 10.1. The number of benzene rings is 2. The van der Waals surface area contributed by atoms with E-state index in [1.807, 2.05) is 0 Å². The van der Waals surface area contributed by atoms with Gasteiger partial charge >= 0.3 is 12.5 Å². The average molecular weight is 405 g/mol. The maximum absolute atomic E-state index is 12.9. The molecule has 0 aliphatic rings. The Bertz CT molecular complexity index is 1000. The molecule has 0 atom stereocenters. The van der Waals surface area contributed by atoms with Gasteiger partial charge in [-0.05, 0) is 54.7 Å². The quantitative estimate of drug-likeness (QED) is 0.461. The van der Waals surface area contributed by atoms with Gasteiger partial charge in [0.2, 0.25) is 0 Å². The normalized spacial score (nSPS) is 12.2. The molecule has 0 radical (unpaired) electrons. The molecule has 3 aromatic rings. The molecule has 27 heavy (non-hydrogen) atoms. The molecule has 0 unspecified atom stereocenters. The molecule has 1 N–H and O–H groups in total. The van der Waals surface area contributed by atoms with E-state index in [0.717, 1.165) is 24.3 Å². The zero-order chi connectivity index (χ0) is 19.8. The summed E-state index contributed by atoms with van der Waals surface area (Å²) < 4.78 is 80.6. The molecule has 1 heterocycles. The minimum absolute atomic E-state index is 0.0277. The lowest BCUT2D eigenvalue weighted by molar-refractivity contribution is -0.274. The third-order valence-corrected chi connectivity index (χ3v) is 3.72. The smallest absolute Gasteiger partial charge is 0.406 e. The molecular weight excluding hydrogens is 396 g/mol. The van der Waals surface area contributed by atoms with E-state index in [9.17, 15) is 26.3 Å². The Morgan fingerprint density at radius 2 is 1.63 bits per heavy atom. The average Bonchev–Trinajstić information content (AvgIpc) is 2.95. The maximum Gasteiger partial charge on any atom is 0.573 e. The van der Waals surface area contributed by atoms with Gasteiger partial charge in [-0.15, -0.1) is 13.2 Å². The minimum atomic E-state index is -4.83. The van der Waals surface area contributed by atoms with E-state index in [1.165, 1.54) is 28.8 Å². The van der Waals surface area contributed by atoms with E-state index in [4.69, 9.17) is 12.2 Å². The van der Waals surface area contributed by atoms with Crippen molar-refractivity contribution in [1.82, 2.24) is 14.8 Å². The van der Waals surface area contributed by atoms with Gasteiger partial charge in [-0.25, -0.2) is 0 Å². The van der Waals surface area contributed by atoms with E-state index < -0.39 is 23.9 Å². The van der Waals surface area contributed by atoms with Gasteiger partial charge in [0.05, 0.1) is 11.3 Å². The monoisotopic (exact) mass is 405 g/mol. The van der Waals surface area contributed by atoms with Crippen LogP contribution in [-0.4, -0.2) is 21.1 Å². The predicted octanol–water partition coefficient (Wildman–Crippen LogP) is 5.51. The third kappa shape index (κ3) is 4.30. The number of H-pyrrole nitrogens is 1. The number of nitrogens with one attached hydrogen (secondary N) is 1. The molecule has 0 saturated heterocycles. The fourth-order valence-corrected chi connectivity index (χ4v) is 2.59. The predicted molar refractivity (Wildman–Crippen MR) is 85.9 cm³/mol. The number of halogens is 6. The number of aromatic nitrogens is 3. The highest BCUT2D eigenvalue weighted by Gasteiger charge is 2.31. The van der Waals surface area contributed by atoms with Crippen LogP contribution in [-0.2, 0) is 6.18 Å². The van der Waals surface area contributed by atoms with Crippen LogP contribution in [0, 0.1) is 4.77 Å². The summed E-state index contributed by atoms with van der Waals surface area (Å²) in [6, 6.07) is 9.15. The Balaban J connectivity index is 2.02. The molecular formula is C16H9F6N3OS. The Morgan fingerprint density at radius 3 is 2.22 bits per heavy atom. The van der Waals surface area contributed by atoms with Gasteiger partial charge in [-0.2, -0.15) is 18.3 Å². The summed E-state index contributed by atoms with van der Waals surface area (Å²) in [7, 11) is 0. The van der Waals surface area contributed by atoms with Crippen LogP contribution < -0.4 is 4.74 Å². The highest BCUT2D eigenvalue weighted by atomic mass is 32.1. The van der Waals surface area contributed by atoms with Crippen LogP contribution in [0.4, 0.5) is 26.3 Å². The van der Waals surface area contributed by atoms with Crippen LogP contribution in [0.15, 0.2) is 48.5 Å². The SMILES string of the molecule is FC(F)(F)Oc1ccc(-c2n[nH]c(=S)n2-c2cccc(C(F)(F)F)c2)cc1. The largest absolute Gasteiger partial charge is 0.573 e. The van der Waals surface area contributed by atoms with Crippen LogP contribution in [0.1, 0.15) is 5.56 Å². The number of hydrogen-bond acceptors (Lipinski definition) is 3. The van der Waals surface area contributed by atoms with Crippen molar-refractivity contribution in [2.75, 3.05) is 0 Å². The maximum atomic E-state index is 12.9. The summed E-state index contributed by atoms with van der Waals surface area (Å²) in [5, 5.41) is 6.43. The van der Waals surface area contributed by atoms with Crippen molar-refractivity contribution < 1.29 is 31.1 Å². The molecule has 1 aromatic heterocycles. The third-order valence-electron chi connectivity index (χ3n) is 3.45. The number of hydrogen-bond donors (Lipinski definition) is 1. The summed E-state index contributed by atoms with van der Waals surface area (Å²) in [4.78, 5) is 0. The van der Waals surface area contributed by atoms with Crippen LogP contribution in [0.3, 0.4) is 0 Å². The fraction of sp³-hybridized carbons (Fsp3) is 0.125. The molecule has 0 aliphatic heterocycles. The van der Waals surface area contributed by atoms with Crippen molar-refractivity contribution in [2.24, 2.45) is 0 Å². The van der Waals surface area contributed by atoms with Gasteiger partial charge in [-0.3, -0.25) is 9.67 Å². The molecule has 11 heteroatoms. The van der Waals surface area contributed by atoms with E-state index >= 15 is 0 Å². The second kappa shape index (κ2) is 6.72. The summed E-state index contributed by atoms with van der Waals surface area (Å²) in [5.74, 6) is -0.302. The molecule has 0 amide bonds. The standard InChI is InChI=1S/C16H9F6N3OS/c17-15(18,19)10-2-1-3-11(8-10)25-13(23-24-14(25)27)9-4-6-12(7-5-9)26-16(20,21)22/h1-8H,(H,24,27). The van der Waals surface area contributed by atoms with Gasteiger partial charge in [0.15, 0.2) is 10.6 Å². The lowest BCUT2D eigenvalue weighted by Crippen LogP contribution is -2.16. The van der Waals surface area contributed by atoms with E-state index in [1.54, 1.807) is 0 Å². The van der Waals surface area contributed by atoms with E-state index in [-0.39, 0.29) is 16.3 Å². The lowest BCUT2D eigenvalue weighted by Gasteiger charge is -2.12. The Morgan fingerprint density at radius 1 is 0.963 bits per heavy atom. The summed E-state index contributed by atoms with van der Waals surface area (Å²) in [6.45, 7) is 0. The Kier molecular flexibility index (Phi) is 4.72. The molecule has 142 valence electrons. The molecule has 0 bridgehead atoms. The van der Waals surface area contributed by atoms with Crippen LogP contribution in [0.25, 0.3) is 17.1 Å². The molecule has 2 aromatic carbocycles. The number of nitrogens with zero attached hydrogens (tertiary/aromatic N) is 2. The first-order chi connectivity index (χ1) is 12.5. The Hall–Kier alpha value is -2.82. The van der Waals surface area contributed by atoms with Crippen molar-refractivity contribution >= 4 is 12.2 Å². The van der Waals surface area contributed by atoms with Gasteiger partial charge < -0.3 is 4.74 Å². The molecule has 0 fully saturated rings. The first-order valence-corrected chi connectivity index (χ1v) is 7.67. The number of alkyl halides is 6. The van der Waals surface area contributed by atoms with Gasteiger partial charge in [0.1, 0.15) is 5.75 Å². The summed E-state index contributed by atoms with van der Waals surface area (Å²) in [6.07, 6.45) is -9.38. The van der Waals surface area contributed by atoms with Crippen LogP contribution >= 0.6 is 12.2 Å². The number of aromatic amines is 1. The minimum Gasteiger partial charge on any atom is -0.406 e. The van der Waals surface area contributed by atoms with Gasteiger partial charge in [0, 0.05) is 5.56 Å². The van der Waals surface area contributed by atoms with Crippen LogP contribution in [0.2, 0.25) is 0 Å². The van der Waals surface area contributed by atoms with E-state index in [2.05, 4.69) is 14.9 Å². The Labute approximate surface area is 153 Å². The topological polar surface area (TPSA) is 42.8 Å². The molecule has 0 spiro atoms.